The van der Waals surface area contributed by atoms with Crippen molar-refractivity contribution in [3.63, 3.8) is 0 Å². The van der Waals surface area contributed by atoms with Crippen molar-refractivity contribution in [1.29, 1.82) is 0 Å². The largest absolute Gasteiger partial charge is 0.351 e. The second kappa shape index (κ2) is 3.14. The first-order valence-corrected chi connectivity index (χ1v) is 6.19. The maximum absolute atomic E-state index is 5.73. The van der Waals surface area contributed by atoms with E-state index in [1.54, 1.807) is 0 Å². The molecule has 4 radical (unpaired) electrons. The lowest BCUT2D eigenvalue weighted by molar-refractivity contribution is 1.51. The standard InChI is InChI=1S/C7H9NSi2/c1-6-4-2-3-5-7(6)10(8)9/h2-5H,8H2,1H3. The van der Waals surface area contributed by atoms with Gasteiger partial charge in [0, 0.05) is 9.76 Å². The van der Waals surface area contributed by atoms with Gasteiger partial charge < -0.3 is 5.40 Å². The summed E-state index contributed by atoms with van der Waals surface area (Å²) >= 11 is 0. The number of hydrogen-bond donors (Lipinski definition) is 1. The van der Waals surface area contributed by atoms with Crippen LogP contribution in [0.3, 0.4) is 0 Å². The quantitative estimate of drug-likeness (QED) is 0.571. The molecule has 1 aromatic rings. The fourth-order valence-electron chi connectivity index (χ4n) is 0.875. The molecule has 3 heteroatoms. The van der Waals surface area contributed by atoms with E-state index in [1.165, 1.54) is 10.8 Å². The number of benzene rings is 1. The maximum atomic E-state index is 5.73. The summed E-state index contributed by atoms with van der Waals surface area (Å²) in [5.41, 5.74) is 1.27. The van der Waals surface area contributed by atoms with Crippen molar-refractivity contribution in [3.05, 3.63) is 29.8 Å². The molecule has 0 unspecified atom stereocenters. The van der Waals surface area contributed by atoms with Crippen molar-refractivity contribution in [2.75, 3.05) is 0 Å². The molecule has 2 N–H and O–H groups in total. The van der Waals surface area contributed by atoms with Crippen molar-refractivity contribution in [3.8, 4) is 0 Å². The molecule has 50 valence electrons. The van der Waals surface area contributed by atoms with E-state index >= 15 is 0 Å². The van der Waals surface area contributed by atoms with Crippen LogP contribution in [0.2, 0.25) is 0 Å². The topological polar surface area (TPSA) is 26.0 Å². The summed E-state index contributed by atoms with van der Waals surface area (Å²) in [5.74, 6) is 0. The van der Waals surface area contributed by atoms with E-state index in [4.69, 9.17) is 5.40 Å². The molecule has 0 spiro atoms. The van der Waals surface area contributed by atoms with Crippen LogP contribution in [0.1, 0.15) is 5.56 Å². The van der Waals surface area contributed by atoms with Gasteiger partial charge in [0.15, 0.2) is 0 Å². The molecular formula is C7H9NSi2. The summed E-state index contributed by atoms with van der Waals surface area (Å²) in [7, 11) is 2.52. The predicted octanol–water partition coefficient (Wildman–Crippen LogP) is -0.183. The maximum Gasteiger partial charge on any atom is 0.143 e. The van der Waals surface area contributed by atoms with Crippen LogP contribution in [-0.2, 0) is 0 Å². The van der Waals surface area contributed by atoms with Gasteiger partial charge in [0.1, 0.15) is 8.48 Å². The summed E-state index contributed by atoms with van der Waals surface area (Å²) in [4.78, 5) is 0. The van der Waals surface area contributed by atoms with E-state index in [9.17, 15) is 0 Å². The molecule has 0 aliphatic carbocycles. The molecule has 0 saturated carbocycles. The molecule has 0 amide bonds. The summed E-state index contributed by atoms with van der Waals surface area (Å²) < 4.78 is 0. The van der Waals surface area contributed by atoms with E-state index in [-0.39, 0.29) is 0 Å². The van der Waals surface area contributed by atoms with Gasteiger partial charge in [-0.15, -0.1) is 0 Å². The Hall–Kier alpha value is -0.386. The fraction of sp³-hybridized carbons (Fsp3) is 0.143. The van der Waals surface area contributed by atoms with Crippen LogP contribution in [0, 0.1) is 6.92 Å². The molecule has 0 aromatic heterocycles. The van der Waals surface area contributed by atoms with Gasteiger partial charge in [-0.3, -0.25) is 0 Å². The van der Waals surface area contributed by atoms with Gasteiger partial charge in [-0.05, 0) is 12.1 Å². The van der Waals surface area contributed by atoms with Crippen molar-refractivity contribution < 1.29 is 0 Å². The summed E-state index contributed by atoms with van der Waals surface area (Å²) in [6, 6.07) is 8.18. The first-order chi connectivity index (χ1) is 4.72. The lowest BCUT2D eigenvalue weighted by atomic mass is 10.2. The highest BCUT2D eigenvalue weighted by Crippen LogP contribution is 1.91. The fourth-order valence-corrected chi connectivity index (χ4v) is 2.50. The Morgan fingerprint density at radius 2 is 2.00 bits per heavy atom. The smallest absolute Gasteiger partial charge is 0.143 e. The first kappa shape index (κ1) is 7.72. The van der Waals surface area contributed by atoms with Gasteiger partial charge in [-0.2, -0.15) is 0 Å². The highest BCUT2D eigenvalue weighted by molar-refractivity contribution is 7.09. The Balaban J connectivity index is 3.03. The number of rotatable bonds is 1. The normalized spacial score (nSPS) is 10.4. The Morgan fingerprint density at radius 3 is 2.40 bits per heavy atom. The van der Waals surface area contributed by atoms with Crippen LogP contribution < -0.4 is 10.6 Å². The highest BCUT2D eigenvalue weighted by Gasteiger charge is 2.02. The summed E-state index contributed by atoms with van der Waals surface area (Å²) in [5, 5.41) is 6.98. The second-order valence-corrected chi connectivity index (χ2v) is 5.21. The molecule has 0 saturated heterocycles. The average Bonchev–Trinajstić information content (AvgIpc) is 1.88. The van der Waals surface area contributed by atoms with E-state index in [0.717, 1.165) is 0 Å². The average molecular weight is 163 g/mol. The molecule has 0 aliphatic rings. The van der Waals surface area contributed by atoms with Gasteiger partial charge >= 0.3 is 0 Å². The highest BCUT2D eigenvalue weighted by atomic mass is 29.2. The number of aryl methyl sites for hydroxylation is 1. The minimum atomic E-state index is -0.937. The Bertz CT molecular complexity index is 223. The third-order valence-electron chi connectivity index (χ3n) is 1.44. The van der Waals surface area contributed by atoms with Crippen molar-refractivity contribution in [1.82, 2.24) is 0 Å². The van der Waals surface area contributed by atoms with Crippen LogP contribution in [-0.4, -0.2) is 18.2 Å². The number of hydrogen-bond acceptors (Lipinski definition) is 1. The third kappa shape index (κ3) is 1.56. The molecule has 0 aliphatic heterocycles. The third-order valence-corrected chi connectivity index (χ3v) is 3.38. The monoisotopic (exact) mass is 163 g/mol. The van der Waals surface area contributed by atoms with Crippen LogP contribution in [0.15, 0.2) is 24.3 Å². The molecule has 10 heavy (non-hydrogen) atoms. The SMILES string of the molecule is Cc1ccccc1[Si](N)[Si]. The van der Waals surface area contributed by atoms with E-state index < -0.39 is 8.48 Å². The van der Waals surface area contributed by atoms with Crippen LogP contribution in [0.4, 0.5) is 0 Å². The summed E-state index contributed by atoms with van der Waals surface area (Å²) in [6.45, 7) is 2.08. The zero-order valence-corrected chi connectivity index (χ0v) is 7.89. The van der Waals surface area contributed by atoms with Gasteiger partial charge in [0.05, 0.1) is 0 Å². The lowest BCUT2D eigenvalue weighted by Crippen LogP contribution is -2.41. The van der Waals surface area contributed by atoms with Crippen LogP contribution in [0.25, 0.3) is 0 Å². The Morgan fingerprint density at radius 1 is 1.40 bits per heavy atom. The van der Waals surface area contributed by atoms with Crippen molar-refractivity contribution in [2.24, 2.45) is 5.40 Å². The molecule has 1 aromatic carbocycles. The van der Waals surface area contributed by atoms with Gasteiger partial charge in [-0.1, -0.05) is 29.8 Å². The van der Waals surface area contributed by atoms with Crippen molar-refractivity contribution in [2.45, 2.75) is 6.92 Å². The van der Waals surface area contributed by atoms with E-state index in [2.05, 4.69) is 28.8 Å². The predicted molar refractivity (Wildman–Crippen MR) is 46.5 cm³/mol. The molecule has 0 heterocycles. The van der Waals surface area contributed by atoms with Crippen LogP contribution >= 0.6 is 0 Å². The first-order valence-electron chi connectivity index (χ1n) is 3.12. The van der Waals surface area contributed by atoms with E-state index in [0.29, 0.717) is 0 Å². The van der Waals surface area contributed by atoms with Crippen molar-refractivity contribution >= 4 is 23.4 Å². The molecular weight excluding hydrogens is 154 g/mol. The van der Waals surface area contributed by atoms with E-state index in [1.807, 2.05) is 12.1 Å². The number of nitrogens with two attached hydrogens (primary N) is 1. The molecule has 0 bridgehead atoms. The molecule has 1 rings (SSSR count). The van der Waals surface area contributed by atoms with Gasteiger partial charge in [0.2, 0.25) is 0 Å². The zero-order valence-electron chi connectivity index (χ0n) is 5.89. The zero-order chi connectivity index (χ0) is 7.56. The van der Waals surface area contributed by atoms with Crippen LogP contribution in [0.5, 0.6) is 0 Å². The summed E-state index contributed by atoms with van der Waals surface area (Å²) in [6.07, 6.45) is 0. The lowest BCUT2D eigenvalue weighted by Gasteiger charge is -2.05. The minimum absolute atomic E-state index is 0.937. The second-order valence-electron chi connectivity index (χ2n) is 2.23. The van der Waals surface area contributed by atoms with Gasteiger partial charge in [-0.25, -0.2) is 0 Å². The van der Waals surface area contributed by atoms with Gasteiger partial charge in [0.25, 0.3) is 0 Å². The molecule has 1 nitrogen and oxygen atoms in total. The Kier molecular flexibility index (Phi) is 2.42. The molecule has 0 fully saturated rings. The molecule has 0 atom stereocenters. The minimum Gasteiger partial charge on any atom is -0.351 e. The Labute approximate surface area is 66.2 Å².